The number of amides is 6. The normalized spacial score (nSPS) is 17.7. The fourth-order valence-electron chi connectivity index (χ4n) is 5.35. The van der Waals surface area contributed by atoms with Crippen LogP contribution < -0.4 is 27.0 Å². The quantitative estimate of drug-likeness (QED) is 0.0600. The standard InChI is InChI=1S/C30H51N8O12P/c1-16(2)11-20(35-30(45)23-7-6-9-38(23)24(40)8-10-49-17(3)4)27(42)34-21(12-19-13-32-15-33-19)28(43)36-22(14-39)29(44)37-25(26(31)41)18(5)50-51(46,47)48/h13,15-18,20-23,25,39H,6-12,14H2,1-5H3,(H2,31,41)(H,32,33)(H,34,42)(H,35,45)(H,36,43)(H,37,44)(H2,46,47,48)/t18?,20-,21-,22-,23-,25-/m0/s1. The van der Waals surface area contributed by atoms with Crippen molar-refractivity contribution in [1.82, 2.24) is 36.1 Å². The number of aliphatic hydroxyl groups excluding tert-OH is 1. The maximum atomic E-state index is 13.7. The number of phosphoric acid groups is 1. The van der Waals surface area contributed by atoms with Gasteiger partial charge in [-0.05, 0) is 46.0 Å². The minimum atomic E-state index is -5.09. The van der Waals surface area contributed by atoms with E-state index in [1.807, 2.05) is 27.7 Å². The molecule has 2 heterocycles. The Morgan fingerprint density at radius 3 is 2.18 bits per heavy atom. The number of rotatable bonds is 21. The predicted molar refractivity (Wildman–Crippen MR) is 179 cm³/mol. The van der Waals surface area contributed by atoms with Crippen molar-refractivity contribution in [3.8, 4) is 0 Å². The average Bonchev–Trinajstić information content (AvgIpc) is 3.73. The monoisotopic (exact) mass is 746 g/mol. The topological polar surface area (TPSA) is 305 Å². The van der Waals surface area contributed by atoms with Crippen molar-refractivity contribution in [2.24, 2.45) is 11.7 Å². The van der Waals surface area contributed by atoms with Gasteiger partial charge in [0.25, 0.3) is 0 Å². The molecule has 21 heteroatoms. The van der Waals surface area contributed by atoms with Crippen LogP contribution in [0.2, 0.25) is 0 Å². The van der Waals surface area contributed by atoms with Crippen molar-refractivity contribution in [2.45, 2.75) is 109 Å². The molecule has 0 aliphatic carbocycles. The van der Waals surface area contributed by atoms with Gasteiger partial charge in [0.05, 0.1) is 38.2 Å². The fraction of sp³-hybridized carbons (Fsp3) is 0.700. The van der Waals surface area contributed by atoms with Gasteiger partial charge in [-0.1, -0.05) is 13.8 Å². The molecule has 1 aromatic heterocycles. The van der Waals surface area contributed by atoms with E-state index >= 15 is 0 Å². The highest BCUT2D eigenvalue weighted by Gasteiger charge is 2.38. The number of phosphoric ester groups is 1. The summed E-state index contributed by atoms with van der Waals surface area (Å²) in [5.41, 5.74) is 5.67. The maximum absolute atomic E-state index is 13.7. The Morgan fingerprint density at radius 1 is 1.00 bits per heavy atom. The van der Waals surface area contributed by atoms with Crippen LogP contribution in [0.25, 0.3) is 0 Å². The van der Waals surface area contributed by atoms with Gasteiger partial charge in [-0.15, -0.1) is 0 Å². The van der Waals surface area contributed by atoms with Gasteiger partial charge < -0.3 is 56.5 Å². The van der Waals surface area contributed by atoms with E-state index in [-0.39, 0.29) is 43.8 Å². The van der Waals surface area contributed by atoms with Crippen LogP contribution in [0.1, 0.15) is 66.0 Å². The van der Waals surface area contributed by atoms with E-state index in [2.05, 4.69) is 35.8 Å². The molecule has 1 unspecified atom stereocenters. The Morgan fingerprint density at radius 2 is 1.63 bits per heavy atom. The van der Waals surface area contributed by atoms with Crippen molar-refractivity contribution in [3.05, 3.63) is 18.2 Å². The fourth-order valence-corrected chi connectivity index (χ4v) is 5.90. The Balaban J connectivity index is 2.22. The van der Waals surface area contributed by atoms with Gasteiger partial charge >= 0.3 is 7.82 Å². The lowest BCUT2D eigenvalue weighted by Gasteiger charge is -2.29. The Bertz CT molecular complexity index is 1390. The summed E-state index contributed by atoms with van der Waals surface area (Å²) in [5.74, 6) is -4.93. The van der Waals surface area contributed by atoms with Crippen LogP contribution in [0.5, 0.6) is 0 Å². The van der Waals surface area contributed by atoms with E-state index in [4.69, 9.17) is 20.3 Å². The second-order valence-corrected chi connectivity index (χ2v) is 14.1. The number of primary amides is 1. The molecule has 1 fully saturated rings. The molecule has 10 N–H and O–H groups in total. The number of imidazole rings is 1. The zero-order chi connectivity index (χ0) is 38.5. The SMILES string of the molecule is CC(C)C[C@H](NC(=O)[C@@H]1CCCN1C(=O)CCOC(C)C)C(=O)N[C@@H](Cc1cnc[nH]1)C(=O)N[C@@H](CO)C(=O)N[C@H](C(N)=O)C(C)OP(=O)(O)O. The highest BCUT2D eigenvalue weighted by Crippen LogP contribution is 2.38. The van der Waals surface area contributed by atoms with Crippen molar-refractivity contribution in [1.29, 1.82) is 0 Å². The number of aromatic amines is 1. The van der Waals surface area contributed by atoms with Gasteiger partial charge in [0, 0.05) is 24.9 Å². The van der Waals surface area contributed by atoms with E-state index in [9.17, 15) is 38.4 Å². The van der Waals surface area contributed by atoms with Crippen LogP contribution in [0, 0.1) is 5.92 Å². The van der Waals surface area contributed by atoms with E-state index in [1.54, 1.807) is 0 Å². The molecule has 0 aromatic carbocycles. The van der Waals surface area contributed by atoms with Crippen molar-refractivity contribution < 1.29 is 57.5 Å². The van der Waals surface area contributed by atoms with E-state index in [0.29, 0.717) is 25.1 Å². The number of nitrogens with zero attached hydrogens (tertiary/aromatic N) is 2. The number of H-pyrrole nitrogens is 1. The van der Waals surface area contributed by atoms with Crippen LogP contribution in [0.15, 0.2) is 12.5 Å². The molecular formula is C30H51N8O12P. The number of aliphatic hydroxyl groups is 1. The van der Waals surface area contributed by atoms with E-state index in [1.165, 1.54) is 17.4 Å². The molecule has 20 nitrogen and oxygen atoms in total. The van der Waals surface area contributed by atoms with Gasteiger partial charge in [-0.2, -0.15) is 0 Å². The minimum absolute atomic E-state index is 0.0578. The van der Waals surface area contributed by atoms with Crippen molar-refractivity contribution >= 4 is 43.3 Å². The summed E-state index contributed by atoms with van der Waals surface area (Å²) in [7, 11) is -5.09. The molecule has 0 spiro atoms. The predicted octanol–water partition coefficient (Wildman–Crippen LogP) is -2.28. The van der Waals surface area contributed by atoms with Crippen molar-refractivity contribution in [3.63, 3.8) is 0 Å². The van der Waals surface area contributed by atoms with Crippen LogP contribution >= 0.6 is 7.82 Å². The van der Waals surface area contributed by atoms with Gasteiger partial charge in [0.2, 0.25) is 35.4 Å². The molecule has 1 saturated heterocycles. The third-order valence-electron chi connectivity index (χ3n) is 7.79. The summed E-state index contributed by atoms with van der Waals surface area (Å²) in [6.07, 6.45) is 2.17. The number of hydrogen-bond donors (Lipinski definition) is 9. The second-order valence-electron chi connectivity index (χ2n) is 12.9. The lowest BCUT2D eigenvalue weighted by Crippen LogP contribution is -2.61. The summed E-state index contributed by atoms with van der Waals surface area (Å²) < 4.78 is 21.1. The Labute approximate surface area is 295 Å². The molecule has 1 aromatic rings. The number of carbonyl (C=O) groups excluding carboxylic acids is 6. The lowest BCUT2D eigenvalue weighted by molar-refractivity contribution is -0.140. The van der Waals surface area contributed by atoms with Gasteiger partial charge in [0.1, 0.15) is 30.2 Å². The molecule has 6 amide bonds. The Hall–Kier alpha value is -3.94. The summed E-state index contributed by atoms with van der Waals surface area (Å²) in [5, 5.41) is 19.6. The number of aromatic nitrogens is 2. The van der Waals surface area contributed by atoms with Gasteiger partial charge in [-0.3, -0.25) is 33.3 Å². The molecule has 0 bridgehead atoms. The highest BCUT2D eigenvalue weighted by atomic mass is 31.2. The van der Waals surface area contributed by atoms with Gasteiger partial charge in [-0.25, -0.2) is 9.55 Å². The first-order chi connectivity index (χ1) is 23.8. The largest absolute Gasteiger partial charge is 0.469 e. The highest BCUT2D eigenvalue weighted by molar-refractivity contribution is 7.46. The maximum Gasteiger partial charge on any atom is 0.469 e. The molecule has 0 saturated carbocycles. The molecule has 1 aliphatic rings. The summed E-state index contributed by atoms with van der Waals surface area (Å²) in [6, 6.07) is -6.80. The lowest BCUT2D eigenvalue weighted by atomic mass is 10.0. The number of carbonyl (C=O) groups is 6. The van der Waals surface area contributed by atoms with E-state index < -0.39 is 80.3 Å². The number of likely N-dealkylation sites (tertiary alicyclic amines) is 1. The van der Waals surface area contributed by atoms with Crippen LogP contribution in [-0.4, -0.2) is 127 Å². The third kappa shape index (κ3) is 14.7. The number of hydrogen-bond acceptors (Lipinski definition) is 11. The average molecular weight is 747 g/mol. The molecule has 0 radical (unpaired) electrons. The first kappa shape index (κ1) is 43.2. The molecule has 51 heavy (non-hydrogen) atoms. The van der Waals surface area contributed by atoms with Crippen LogP contribution in [0.4, 0.5) is 0 Å². The Kier molecular flexibility index (Phi) is 17.1. The number of ether oxygens (including phenoxy) is 1. The summed E-state index contributed by atoms with van der Waals surface area (Å²) in [6.45, 7) is 8.01. The second kappa shape index (κ2) is 20.2. The molecule has 1 aliphatic heterocycles. The molecule has 2 rings (SSSR count). The van der Waals surface area contributed by atoms with Crippen LogP contribution in [-0.2, 0) is 49.0 Å². The first-order valence-corrected chi connectivity index (χ1v) is 18.1. The van der Waals surface area contributed by atoms with Crippen molar-refractivity contribution in [2.75, 3.05) is 19.8 Å². The van der Waals surface area contributed by atoms with E-state index in [0.717, 1.165) is 6.92 Å². The zero-order valence-electron chi connectivity index (χ0n) is 29.4. The summed E-state index contributed by atoms with van der Waals surface area (Å²) in [4.78, 5) is 105. The molecule has 6 atom stereocenters. The number of nitrogens with two attached hydrogens (primary N) is 1. The van der Waals surface area contributed by atoms with Gasteiger partial charge in [0.15, 0.2) is 0 Å². The third-order valence-corrected chi connectivity index (χ3v) is 8.39. The number of nitrogens with one attached hydrogen (secondary N) is 5. The van der Waals surface area contributed by atoms with Crippen LogP contribution in [0.3, 0.4) is 0 Å². The first-order valence-electron chi connectivity index (χ1n) is 16.6. The summed E-state index contributed by atoms with van der Waals surface area (Å²) >= 11 is 0. The zero-order valence-corrected chi connectivity index (χ0v) is 30.3. The minimum Gasteiger partial charge on any atom is -0.394 e. The molecular weight excluding hydrogens is 695 g/mol. The molecule has 288 valence electrons. The smallest absolute Gasteiger partial charge is 0.394 e.